The Morgan fingerprint density at radius 2 is 1.64 bits per heavy atom. The van der Waals surface area contributed by atoms with E-state index in [-0.39, 0.29) is 24.1 Å². The molecule has 0 aliphatic carbocycles. The normalized spacial score (nSPS) is 18.6. The van der Waals surface area contributed by atoms with Crippen molar-refractivity contribution in [2.24, 2.45) is 0 Å². The van der Waals surface area contributed by atoms with Crippen molar-refractivity contribution in [1.29, 1.82) is 0 Å². The third kappa shape index (κ3) is 4.98. The summed E-state index contributed by atoms with van der Waals surface area (Å²) in [7, 11) is 1.40. The van der Waals surface area contributed by atoms with Gasteiger partial charge in [-0.05, 0) is 53.7 Å². The Kier molecular flexibility index (Phi) is 7.03. The number of rotatable bonds is 7. The van der Waals surface area contributed by atoms with Gasteiger partial charge in [-0.25, -0.2) is 9.59 Å². The smallest absolute Gasteiger partial charge is 0.336 e. The van der Waals surface area contributed by atoms with E-state index >= 15 is 0 Å². The number of amides is 2. The molecule has 0 unspecified atom stereocenters. The zero-order chi connectivity index (χ0) is 24.9. The van der Waals surface area contributed by atoms with Gasteiger partial charge in [-0.2, -0.15) is 0 Å². The van der Waals surface area contributed by atoms with Crippen molar-refractivity contribution >= 4 is 17.6 Å². The minimum atomic E-state index is -0.383. The monoisotopic (exact) mass is 482 g/mol. The van der Waals surface area contributed by atoms with Crippen molar-refractivity contribution in [3.63, 3.8) is 0 Å². The van der Waals surface area contributed by atoms with Crippen molar-refractivity contribution in [3.05, 3.63) is 107 Å². The molecule has 3 aromatic rings. The summed E-state index contributed by atoms with van der Waals surface area (Å²) in [5.74, 6) is 0.357. The highest BCUT2D eigenvalue weighted by atomic mass is 16.5. The van der Waals surface area contributed by atoms with Gasteiger partial charge in [0, 0.05) is 12.6 Å². The summed E-state index contributed by atoms with van der Waals surface area (Å²) < 4.78 is 11.2. The summed E-state index contributed by atoms with van der Waals surface area (Å²) in [5.41, 5.74) is 4.56. The molecule has 1 saturated heterocycles. The molecule has 3 aromatic carbocycles. The molecule has 2 aliphatic rings. The van der Waals surface area contributed by atoms with Gasteiger partial charge in [0.15, 0.2) is 0 Å². The molecule has 0 spiro atoms. The summed E-state index contributed by atoms with van der Waals surface area (Å²) in [5, 5.41) is 3.04. The van der Waals surface area contributed by atoms with Crippen LogP contribution in [0.1, 0.15) is 36.0 Å². The number of benzene rings is 3. The van der Waals surface area contributed by atoms with Gasteiger partial charge in [0.05, 0.1) is 18.7 Å². The molecule has 5 rings (SSSR count). The standard InChI is InChI=1S/C30H30N2O4/c1-35-29(33)28-26(23-13-8-14-25(17-23)36-20-22-11-6-3-7-12-22)18-24-15-16-27(28)32(24)30(34)31-19-21-9-4-2-5-10-21/h2-14,17,24,27H,15-16,18-20H2,1H3,(H,31,34)/t24-,27+/m0/s1. The van der Waals surface area contributed by atoms with Crippen LogP contribution in [-0.4, -0.2) is 36.1 Å². The first-order valence-electron chi connectivity index (χ1n) is 12.3. The highest BCUT2D eigenvalue weighted by molar-refractivity contribution is 6.01. The summed E-state index contributed by atoms with van der Waals surface area (Å²) >= 11 is 0. The molecular formula is C30H30N2O4. The van der Waals surface area contributed by atoms with Crippen LogP contribution in [-0.2, 0) is 22.7 Å². The maximum atomic E-state index is 13.2. The molecule has 2 heterocycles. The van der Waals surface area contributed by atoms with E-state index in [0.717, 1.165) is 40.9 Å². The van der Waals surface area contributed by atoms with Gasteiger partial charge < -0.3 is 19.7 Å². The van der Waals surface area contributed by atoms with Crippen LogP contribution in [0.15, 0.2) is 90.5 Å². The molecule has 36 heavy (non-hydrogen) atoms. The molecule has 0 saturated carbocycles. The van der Waals surface area contributed by atoms with Crippen LogP contribution in [0.25, 0.3) is 5.57 Å². The first-order valence-corrected chi connectivity index (χ1v) is 12.3. The lowest BCUT2D eigenvalue weighted by atomic mass is 9.88. The van der Waals surface area contributed by atoms with Crippen molar-refractivity contribution in [1.82, 2.24) is 10.2 Å². The fourth-order valence-corrected chi connectivity index (χ4v) is 5.24. The molecule has 6 nitrogen and oxygen atoms in total. The fraction of sp³-hybridized carbons (Fsp3) is 0.267. The van der Waals surface area contributed by atoms with Gasteiger partial charge >= 0.3 is 12.0 Å². The van der Waals surface area contributed by atoms with E-state index in [2.05, 4.69) is 5.32 Å². The van der Waals surface area contributed by atoms with E-state index in [9.17, 15) is 9.59 Å². The van der Waals surface area contributed by atoms with E-state index < -0.39 is 0 Å². The lowest BCUT2D eigenvalue weighted by Gasteiger charge is -2.37. The predicted octanol–water partition coefficient (Wildman–Crippen LogP) is 5.34. The molecule has 2 aliphatic heterocycles. The molecule has 2 bridgehead atoms. The molecule has 1 N–H and O–H groups in total. The number of hydrogen-bond acceptors (Lipinski definition) is 4. The molecular weight excluding hydrogens is 452 g/mol. The van der Waals surface area contributed by atoms with Crippen LogP contribution in [0.4, 0.5) is 4.79 Å². The Morgan fingerprint density at radius 3 is 2.36 bits per heavy atom. The topological polar surface area (TPSA) is 67.9 Å². The highest BCUT2D eigenvalue weighted by Crippen LogP contribution is 2.44. The van der Waals surface area contributed by atoms with E-state index in [4.69, 9.17) is 9.47 Å². The van der Waals surface area contributed by atoms with Crippen LogP contribution >= 0.6 is 0 Å². The number of urea groups is 1. The van der Waals surface area contributed by atoms with Gasteiger partial charge in [-0.3, -0.25) is 0 Å². The third-order valence-electron chi connectivity index (χ3n) is 6.96. The van der Waals surface area contributed by atoms with Crippen molar-refractivity contribution in [3.8, 4) is 5.75 Å². The number of fused-ring (bicyclic) bond motifs is 2. The molecule has 184 valence electrons. The Bertz CT molecular complexity index is 1260. The zero-order valence-corrected chi connectivity index (χ0v) is 20.4. The second-order valence-electron chi connectivity index (χ2n) is 9.19. The van der Waals surface area contributed by atoms with Crippen molar-refractivity contribution in [2.45, 2.75) is 44.5 Å². The maximum Gasteiger partial charge on any atom is 0.336 e. The number of methoxy groups -OCH3 is 1. The number of hydrogen-bond donors (Lipinski definition) is 1. The van der Waals surface area contributed by atoms with Gasteiger partial charge in [-0.1, -0.05) is 72.8 Å². The average Bonchev–Trinajstić information content (AvgIpc) is 3.24. The number of carbonyl (C=O) groups is 2. The Morgan fingerprint density at radius 1 is 0.917 bits per heavy atom. The van der Waals surface area contributed by atoms with Gasteiger partial charge in [0.25, 0.3) is 0 Å². The van der Waals surface area contributed by atoms with E-state index in [1.54, 1.807) is 0 Å². The Labute approximate surface area is 211 Å². The van der Waals surface area contributed by atoms with E-state index in [1.165, 1.54) is 7.11 Å². The summed E-state index contributed by atoms with van der Waals surface area (Å²) in [6.45, 7) is 0.911. The van der Waals surface area contributed by atoms with Gasteiger partial charge in [0.2, 0.25) is 0 Å². The summed E-state index contributed by atoms with van der Waals surface area (Å²) in [6, 6.07) is 27.2. The minimum Gasteiger partial charge on any atom is -0.489 e. The molecule has 6 heteroatoms. The van der Waals surface area contributed by atoms with Crippen LogP contribution in [0, 0.1) is 0 Å². The first-order chi connectivity index (χ1) is 17.6. The zero-order valence-electron chi connectivity index (χ0n) is 20.4. The average molecular weight is 483 g/mol. The molecule has 0 radical (unpaired) electrons. The molecule has 0 aromatic heterocycles. The summed E-state index contributed by atoms with van der Waals surface area (Å²) in [6.07, 6.45) is 2.18. The van der Waals surface area contributed by atoms with Gasteiger partial charge in [0.1, 0.15) is 12.4 Å². The number of carbonyl (C=O) groups excluding carboxylic acids is 2. The largest absolute Gasteiger partial charge is 0.489 e. The SMILES string of the molecule is COC(=O)C1=C(c2cccc(OCc3ccccc3)c2)C[C@@H]2CC[C@H]1N2C(=O)NCc1ccccc1. The van der Waals surface area contributed by atoms with Crippen molar-refractivity contribution in [2.75, 3.05) is 7.11 Å². The second-order valence-corrected chi connectivity index (χ2v) is 9.19. The number of esters is 1. The van der Waals surface area contributed by atoms with E-state index in [1.807, 2.05) is 89.8 Å². The van der Waals surface area contributed by atoms with Crippen LogP contribution in [0.2, 0.25) is 0 Å². The number of ether oxygens (including phenoxy) is 2. The molecule has 1 fully saturated rings. The first kappa shape index (κ1) is 23.7. The Hall–Kier alpha value is -4.06. The highest BCUT2D eigenvalue weighted by Gasteiger charge is 2.46. The van der Waals surface area contributed by atoms with Crippen LogP contribution < -0.4 is 10.1 Å². The van der Waals surface area contributed by atoms with Crippen LogP contribution in [0.3, 0.4) is 0 Å². The van der Waals surface area contributed by atoms with E-state index in [0.29, 0.717) is 25.1 Å². The lowest BCUT2D eigenvalue weighted by Crippen LogP contribution is -2.50. The van der Waals surface area contributed by atoms with Gasteiger partial charge in [-0.15, -0.1) is 0 Å². The molecule has 2 atom stereocenters. The predicted molar refractivity (Wildman–Crippen MR) is 138 cm³/mol. The quantitative estimate of drug-likeness (QED) is 0.462. The Balaban J connectivity index is 1.38. The third-order valence-corrected chi connectivity index (χ3v) is 6.96. The molecule has 2 amide bonds. The van der Waals surface area contributed by atoms with Crippen molar-refractivity contribution < 1.29 is 19.1 Å². The minimum absolute atomic E-state index is 0.0306. The fourth-order valence-electron chi connectivity index (χ4n) is 5.24. The summed E-state index contributed by atoms with van der Waals surface area (Å²) in [4.78, 5) is 28.1. The second kappa shape index (κ2) is 10.7. The number of nitrogens with zero attached hydrogens (tertiary/aromatic N) is 1. The maximum absolute atomic E-state index is 13.2. The lowest BCUT2D eigenvalue weighted by molar-refractivity contribution is -0.136. The van der Waals surface area contributed by atoms with Crippen LogP contribution in [0.5, 0.6) is 5.75 Å². The number of nitrogens with one attached hydrogen (secondary N) is 1.